The Morgan fingerprint density at radius 1 is 1.12 bits per heavy atom. The maximum absolute atomic E-state index is 10.0. The standard InChI is InChI=1S/C24H33N7O2/c1-15(32)19-11-17-13-26-23(29-21(17)22(27-19)30-24(2,3)4)28-20-6-5-16(12-25-20)14-31-9-7-18(33)8-10-31/h5-6,11-13,15,18,32-33H,7-10,14H2,1-4H3,(H,27,30)(H,25,26,28,29). The molecule has 0 radical (unpaired) electrons. The van der Waals surface area contributed by atoms with E-state index in [0.717, 1.165) is 43.4 Å². The number of nitrogens with zero attached hydrogens (tertiary/aromatic N) is 5. The van der Waals surface area contributed by atoms with Gasteiger partial charge < -0.3 is 20.8 Å². The van der Waals surface area contributed by atoms with Crippen LogP contribution >= 0.6 is 0 Å². The SMILES string of the molecule is CC(O)c1cc2cnc(Nc3ccc(CN4CCC(O)CC4)cn3)nc2c(NC(C)(C)C)n1. The van der Waals surface area contributed by atoms with E-state index in [-0.39, 0.29) is 11.6 Å². The first-order valence-corrected chi connectivity index (χ1v) is 11.4. The molecule has 0 aliphatic carbocycles. The highest BCUT2D eigenvalue weighted by Gasteiger charge is 2.18. The molecule has 1 aliphatic rings. The molecule has 9 heteroatoms. The van der Waals surface area contributed by atoms with Crippen molar-refractivity contribution in [3.05, 3.63) is 41.9 Å². The molecule has 33 heavy (non-hydrogen) atoms. The number of aliphatic hydroxyl groups excluding tert-OH is 2. The van der Waals surface area contributed by atoms with Gasteiger partial charge in [0.15, 0.2) is 5.82 Å². The highest BCUT2D eigenvalue weighted by atomic mass is 16.3. The molecule has 9 nitrogen and oxygen atoms in total. The smallest absolute Gasteiger partial charge is 0.229 e. The molecule has 3 aromatic heterocycles. The zero-order valence-corrected chi connectivity index (χ0v) is 19.7. The van der Waals surface area contributed by atoms with E-state index in [1.165, 1.54) is 0 Å². The maximum Gasteiger partial charge on any atom is 0.229 e. The van der Waals surface area contributed by atoms with Gasteiger partial charge in [-0.25, -0.2) is 19.9 Å². The third-order valence-corrected chi connectivity index (χ3v) is 5.53. The molecular formula is C24H33N7O2. The summed E-state index contributed by atoms with van der Waals surface area (Å²) >= 11 is 0. The van der Waals surface area contributed by atoms with Crippen molar-refractivity contribution in [2.45, 2.75) is 64.8 Å². The number of pyridine rings is 2. The van der Waals surface area contributed by atoms with E-state index in [9.17, 15) is 10.2 Å². The first-order chi connectivity index (χ1) is 15.7. The van der Waals surface area contributed by atoms with Gasteiger partial charge in [0, 0.05) is 43.0 Å². The Morgan fingerprint density at radius 3 is 2.52 bits per heavy atom. The molecule has 176 valence electrons. The second-order valence-electron chi connectivity index (χ2n) is 9.76. The quantitative estimate of drug-likeness (QED) is 0.447. The average molecular weight is 452 g/mol. The Balaban J connectivity index is 1.52. The molecule has 1 saturated heterocycles. The van der Waals surface area contributed by atoms with Crippen LogP contribution in [-0.4, -0.2) is 59.8 Å². The van der Waals surface area contributed by atoms with Crippen LogP contribution in [0.3, 0.4) is 0 Å². The normalized spacial score (nSPS) is 16.7. The first kappa shape index (κ1) is 23.3. The average Bonchev–Trinajstić information content (AvgIpc) is 2.76. The van der Waals surface area contributed by atoms with Gasteiger partial charge in [-0.1, -0.05) is 6.07 Å². The van der Waals surface area contributed by atoms with Crippen molar-refractivity contribution in [2.75, 3.05) is 23.7 Å². The van der Waals surface area contributed by atoms with Crippen LogP contribution < -0.4 is 10.6 Å². The van der Waals surface area contributed by atoms with Crippen molar-refractivity contribution in [3.63, 3.8) is 0 Å². The largest absolute Gasteiger partial charge is 0.393 e. The van der Waals surface area contributed by atoms with Gasteiger partial charge in [-0.2, -0.15) is 0 Å². The molecule has 1 fully saturated rings. The second kappa shape index (κ2) is 9.54. The number of aliphatic hydroxyl groups is 2. The fraction of sp³-hybridized carbons (Fsp3) is 0.500. The Kier molecular flexibility index (Phi) is 6.73. The van der Waals surface area contributed by atoms with E-state index in [1.54, 1.807) is 13.1 Å². The summed E-state index contributed by atoms with van der Waals surface area (Å²) in [6.07, 6.45) is 4.38. The van der Waals surface area contributed by atoms with Gasteiger partial charge in [0.2, 0.25) is 5.95 Å². The number of rotatable bonds is 6. The van der Waals surface area contributed by atoms with Gasteiger partial charge in [0.25, 0.3) is 0 Å². The minimum atomic E-state index is -0.689. The molecule has 3 aromatic rings. The molecule has 1 atom stereocenters. The fourth-order valence-electron chi connectivity index (χ4n) is 3.82. The summed E-state index contributed by atoms with van der Waals surface area (Å²) in [4.78, 5) is 20.6. The Bertz CT molecular complexity index is 1090. The summed E-state index contributed by atoms with van der Waals surface area (Å²) in [6, 6.07) is 5.78. The zero-order chi connectivity index (χ0) is 23.6. The van der Waals surface area contributed by atoms with Crippen molar-refractivity contribution >= 4 is 28.5 Å². The summed E-state index contributed by atoms with van der Waals surface area (Å²) in [5.41, 5.74) is 2.15. The van der Waals surface area contributed by atoms with Crippen molar-refractivity contribution in [3.8, 4) is 0 Å². The van der Waals surface area contributed by atoms with Crippen molar-refractivity contribution in [1.29, 1.82) is 0 Å². The molecule has 4 N–H and O–H groups in total. The van der Waals surface area contributed by atoms with Crippen LogP contribution in [0.1, 0.15) is 57.9 Å². The van der Waals surface area contributed by atoms with E-state index in [2.05, 4.69) is 35.5 Å². The summed E-state index contributed by atoms with van der Waals surface area (Å²) in [5, 5.41) is 27.1. The number of anilines is 3. The van der Waals surface area contributed by atoms with E-state index >= 15 is 0 Å². The lowest BCUT2D eigenvalue weighted by atomic mass is 10.1. The number of fused-ring (bicyclic) bond motifs is 1. The number of hydrogen-bond donors (Lipinski definition) is 4. The van der Waals surface area contributed by atoms with E-state index in [0.29, 0.717) is 28.8 Å². The van der Waals surface area contributed by atoms with Crippen LogP contribution in [0.4, 0.5) is 17.6 Å². The van der Waals surface area contributed by atoms with Crippen molar-refractivity contribution in [1.82, 2.24) is 24.8 Å². The van der Waals surface area contributed by atoms with Crippen LogP contribution in [0.2, 0.25) is 0 Å². The maximum atomic E-state index is 10.0. The van der Waals surface area contributed by atoms with Gasteiger partial charge in [0.05, 0.1) is 17.9 Å². The number of nitrogens with one attached hydrogen (secondary N) is 2. The summed E-state index contributed by atoms with van der Waals surface area (Å²) in [6.45, 7) is 10.5. The Hall–Kier alpha value is -2.88. The molecule has 0 saturated carbocycles. The number of hydrogen-bond acceptors (Lipinski definition) is 9. The molecule has 4 heterocycles. The number of aromatic nitrogens is 4. The third kappa shape index (κ3) is 6.13. The summed E-state index contributed by atoms with van der Waals surface area (Å²) < 4.78 is 0. The van der Waals surface area contributed by atoms with Gasteiger partial charge in [-0.05, 0) is 58.2 Å². The van der Waals surface area contributed by atoms with Gasteiger partial charge in [-0.3, -0.25) is 4.90 Å². The van der Waals surface area contributed by atoms with Gasteiger partial charge >= 0.3 is 0 Å². The van der Waals surface area contributed by atoms with Crippen LogP contribution in [0.25, 0.3) is 10.9 Å². The molecular weight excluding hydrogens is 418 g/mol. The molecule has 4 rings (SSSR count). The lowest BCUT2D eigenvalue weighted by Crippen LogP contribution is -2.35. The first-order valence-electron chi connectivity index (χ1n) is 11.4. The van der Waals surface area contributed by atoms with Crippen LogP contribution in [0.5, 0.6) is 0 Å². The minimum absolute atomic E-state index is 0.166. The van der Waals surface area contributed by atoms with Gasteiger partial charge in [0.1, 0.15) is 11.3 Å². The molecule has 1 aliphatic heterocycles. The zero-order valence-electron chi connectivity index (χ0n) is 19.7. The highest BCUT2D eigenvalue weighted by molar-refractivity contribution is 5.89. The monoisotopic (exact) mass is 451 g/mol. The van der Waals surface area contributed by atoms with Crippen LogP contribution in [0, 0.1) is 0 Å². The fourth-order valence-corrected chi connectivity index (χ4v) is 3.82. The number of piperidine rings is 1. The number of likely N-dealkylation sites (tertiary alicyclic amines) is 1. The van der Waals surface area contributed by atoms with E-state index < -0.39 is 6.10 Å². The molecule has 0 spiro atoms. The van der Waals surface area contributed by atoms with Crippen molar-refractivity contribution < 1.29 is 10.2 Å². The van der Waals surface area contributed by atoms with E-state index in [4.69, 9.17) is 0 Å². The molecule has 0 amide bonds. The van der Waals surface area contributed by atoms with Crippen molar-refractivity contribution in [2.24, 2.45) is 0 Å². The molecule has 1 unspecified atom stereocenters. The lowest BCUT2D eigenvalue weighted by molar-refractivity contribution is 0.0792. The summed E-state index contributed by atoms with van der Waals surface area (Å²) in [5.74, 6) is 1.69. The second-order valence-corrected chi connectivity index (χ2v) is 9.76. The Labute approximate surface area is 194 Å². The highest BCUT2D eigenvalue weighted by Crippen LogP contribution is 2.27. The topological polar surface area (TPSA) is 119 Å². The predicted octanol–water partition coefficient (Wildman–Crippen LogP) is 3.38. The van der Waals surface area contributed by atoms with Crippen LogP contribution in [0.15, 0.2) is 30.6 Å². The molecule has 0 aromatic carbocycles. The minimum Gasteiger partial charge on any atom is -0.393 e. The van der Waals surface area contributed by atoms with Gasteiger partial charge in [-0.15, -0.1) is 0 Å². The third-order valence-electron chi connectivity index (χ3n) is 5.53. The Morgan fingerprint density at radius 2 is 1.88 bits per heavy atom. The molecule has 0 bridgehead atoms. The van der Waals surface area contributed by atoms with E-state index in [1.807, 2.05) is 45.2 Å². The summed E-state index contributed by atoms with van der Waals surface area (Å²) in [7, 11) is 0. The predicted molar refractivity (Wildman–Crippen MR) is 129 cm³/mol. The lowest BCUT2D eigenvalue weighted by Gasteiger charge is -2.29. The van der Waals surface area contributed by atoms with Crippen LogP contribution in [-0.2, 0) is 6.54 Å².